The number of carbonyl (C=O) groups is 1. The zero-order chi connectivity index (χ0) is 18.7. The minimum absolute atomic E-state index is 0.183. The molecule has 1 unspecified atom stereocenters. The van der Waals surface area contributed by atoms with Crippen molar-refractivity contribution in [1.29, 1.82) is 0 Å². The summed E-state index contributed by atoms with van der Waals surface area (Å²) in [5.41, 5.74) is -0.768. The molecule has 0 aliphatic carbocycles. The molecular weight excluding hydrogens is 332 g/mol. The Morgan fingerprint density at radius 1 is 1.00 bits per heavy atom. The van der Waals surface area contributed by atoms with E-state index in [9.17, 15) is 30.1 Å². The fourth-order valence-electron chi connectivity index (χ4n) is 2.43. The van der Waals surface area contributed by atoms with Crippen molar-refractivity contribution in [3.63, 3.8) is 0 Å². The molecule has 0 aliphatic heterocycles. The normalized spacial score (nSPS) is 11.6. The monoisotopic (exact) mass is 346 g/mol. The van der Waals surface area contributed by atoms with Gasteiger partial charge in [0, 0.05) is 12.1 Å². The molecule has 0 amide bonds. The number of aliphatic hydroxyl groups excluding tert-OH is 1. The Labute approximate surface area is 141 Å². The molecule has 0 fully saturated rings. The van der Waals surface area contributed by atoms with Crippen LogP contribution in [0.2, 0.25) is 0 Å². The van der Waals surface area contributed by atoms with E-state index in [1.165, 1.54) is 38.1 Å². The van der Waals surface area contributed by atoms with E-state index >= 15 is 0 Å². The van der Waals surface area contributed by atoms with Crippen molar-refractivity contribution in [2.24, 2.45) is 0 Å². The molecule has 1 atom stereocenters. The molecule has 0 aromatic heterocycles. The fraction of sp³-hybridized carbons (Fsp3) is 0.188. The maximum absolute atomic E-state index is 12.3. The Kier molecular flexibility index (Phi) is 5.08. The number of aliphatic hydroxyl groups is 1. The van der Waals surface area contributed by atoms with Crippen molar-refractivity contribution in [2.75, 3.05) is 0 Å². The largest absolute Gasteiger partial charge is 0.427 e. The Bertz CT molecular complexity index is 864. The molecule has 130 valence electrons. The molecule has 0 spiro atoms. The number of hydrogen-bond acceptors (Lipinski definition) is 7. The van der Waals surface area contributed by atoms with E-state index < -0.39 is 33.5 Å². The molecule has 0 saturated carbocycles. The fourth-order valence-corrected chi connectivity index (χ4v) is 2.43. The van der Waals surface area contributed by atoms with Gasteiger partial charge in [-0.05, 0) is 25.0 Å². The van der Waals surface area contributed by atoms with E-state index in [0.29, 0.717) is 5.56 Å². The lowest BCUT2D eigenvalue weighted by Crippen LogP contribution is -2.16. The van der Waals surface area contributed by atoms with Crippen LogP contribution in [0.25, 0.3) is 0 Å². The van der Waals surface area contributed by atoms with Crippen molar-refractivity contribution in [3.05, 3.63) is 78.9 Å². The minimum atomic E-state index is -1.94. The first-order valence-corrected chi connectivity index (χ1v) is 7.11. The molecule has 0 bridgehead atoms. The van der Waals surface area contributed by atoms with Gasteiger partial charge in [-0.2, -0.15) is 0 Å². The third-order valence-corrected chi connectivity index (χ3v) is 3.62. The summed E-state index contributed by atoms with van der Waals surface area (Å²) in [6.45, 7) is 2.99. The van der Waals surface area contributed by atoms with Crippen LogP contribution in [0.15, 0.2) is 36.4 Å². The molecule has 9 heteroatoms. The summed E-state index contributed by atoms with van der Waals surface area (Å²) in [6.07, 6.45) is -1.94. The van der Waals surface area contributed by atoms with Gasteiger partial charge < -0.3 is 9.84 Å². The van der Waals surface area contributed by atoms with Crippen LogP contribution < -0.4 is 0 Å². The highest BCUT2D eigenvalue weighted by Gasteiger charge is 2.29. The van der Waals surface area contributed by atoms with Gasteiger partial charge in [-0.3, -0.25) is 20.2 Å². The number of aryl methyl sites for hydroxylation is 2. The smallest absolute Gasteiger partial charge is 0.348 e. The predicted octanol–water partition coefficient (Wildman–Crippen LogP) is 2.97. The van der Waals surface area contributed by atoms with Crippen LogP contribution in [0.3, 0.4) is 0 Å². The number of esters is 1. The van der Waals surface area contributed by atoms with Crippen LogP contribution in [0.5, 0.6) is 0 Å². The molecule has 1 N–H and O–H groups in total. The van der Waals surface area contributed by atoms with Gasteiger partial charge in [0.05, 0.1) is 9.85 Å². The van der Waals surface area contributed by atoms with Gasteiger partial charge in [0.15, 0.2) is 0 Å². The third kappa shape index (κ3) is 3.61. The van der Waals surface area contributed by atoms with Gasteiger partial charge in [-0.1, -0.05) is 24.3 Å². The summed E-state index contributed by atoms with van der Waals surface area (Å²) in [5, 5.41) is 32.3. The first kappa shape index (κ1) is 18.0. The Morgan fingerprint density at radius 3 is 2.08 bits per heavy atom. The van der Waals surface area contributed by atoms with E-state index in [0.717, 1.165) is 12.1 Å². The summed E-state index contributed by atoms with van der Waals surface area (Å²) in [5.74, 6) is -1.14. The summed E-state index contributed by atoms with van der Waals surface area (Å²) in [4.78, 5) is 33.0. The minimum Gasteiger partial charge on any atom is -0.427 e. The molecular formula is C16H14N2O7. The Hall–Kier alpha value is -3.33. The Morgan fingerprint density at radius 2 is 1.52 bits per heavy atom. The molecule has 0 aliphatic rings. The van der Waals surface area contributed by atoms with E-state index in [2.05, 4.69) is 0 Å². The standard InChI is InChI=1S/C16H14N2O7/c1-9-5-3-7-11(17(21)22)13(9)15(19)25-16(20)14-10(2)6-4-8-12(14)18(23)24/h3-8,15,19H,1-2H3. The zero-order valence-electron chi connectivity index (χ0n) is 13.3. The van der Waals surface area contributed by atoms with Gasteiger partial charge in [-0.15, -0.1) is 0 Å². The first-order chi connectivity index (χ1) is 11.7. The number of carbonyl (C=O) groups excluding carboxylic acids is 1. The maximum Gasteiger partial charge on any atom is 0.348 e. The highest BCUT2D eigenvalue weighted by atomic mass is 16.6. The lowest BCUT2D eigenvalue weighted by Gasteiger charge is -2.15. The number of rotatable bonds is 5. The van der Waals surface area contributed by atoms with Crippen molar-refractivity contribution >= 4 is 17.3 Å². The second-order valence-corrected chi connectivity index (χ2v) is 5.25. The number of benzene rings is 2. The predicted molar refractivity (Wildman–Crippen MR) is 86.0 cm³/mol. The zero-order valence-corrected chi connectivity index (χ0v) is 13.3. The van der Waals surface area contributed by atoms with Crippen molar-refractivity contribution in [2.45, 2.75) is 20.1 Å². The van der Waals surface area contributed by atoms with Crippen LogP contribution >= 0.6 is 0 Å². The summed E-state index contributed by atoms with van der Waals surface area (Å²) in [7, 11) is 0. The van der Waals surface area contributed by atoms with Gasteiger partial charge in [0.1, 0.15) is 11.1 Å². The molecule has 0 heterocycles. The van der Waals surface area contributed by atoms with E-state index in [1.807, 2.05) is 0 Å². The number of nitro groups is 2. The summed E-state index contributed by atoms with van der Waals surface area (Å²) >= 11 is 0. The van der Waals surface area contributed by atoms with Crippen molar-refractivity contribution in [3.8, 4) is 0 Å². The lowest BCUT2D eigenvalue weighted by molar-refractivity contribution is -0.386. The van der Waals surface area contributed by atoms with Gasteiger partial charge in [-0.25, -0.2) is 4.79 Å². The summed E-state index contributed by atoms with van der Waals surface area (Å²) < 4.78 is 4.87. The molecule has 0 saturated heterocycles. The number of hydrogen-bond donors (Lipinski definition) is 1. The molecule has 9 nitrogen and oxygen atoms in total. The number of nitrogens with zero attached hydrogens (tertiary/aromatic N) is 2. The SMILES string of the molecule is Cc1cccc([N+](=O)[O-])c1C(=O)OC(O)c1c(C)cccc1[N+](=O)[O-]. The average Bonchev–Trinajstić information content (AvgIpc) is 2.53. The van der Waals surface area contributed by atoms with Crippen molar-refractivity contribution in [1.82, 2.24) is 0 Å². The van der Waals surface area contributed by atoms with Gasteiger partial charge in [0.2, 0.25) is 6.29 Å². The van der Waals surface area contributed by atoms with Crippen LogP contribution in [0.4, 0.5) is 11.4 Å². The van der Waals surface area contributed by atoms with E-state index in [1.54, 1.807) is 0 Å². The van der Waals surface area contributed by atoms with Crippen LogP contribution in [0.1, 0.15) is 33.3 Å². The topological polar surface area (TPSA) is 133 Å². The molecule has 0 radical (unpaired) electrons. The maximum atomic E-state index is 12.3. The highest BCUT2D eigenvalue weighted by Crippen LogP contribution is 2.31. The highest BCUT2D eigenvalue weighted by molar-refractivity contribution is 5.95. The second-order valence-electron chi connectivity index (χ2n) is 5.25. The third-order valence-electron chi connectivity index (χ3n) is 3.62. The number of nitro benzene ring substituents is 2. The van der Waals surface area contributed by atoms with Gasteiger partial charge in [0.25, 0.3) is 11.4 Å². The van der Waals surface area contributed by atoms with E-state index in [-0.39, 0.29) is 16.7 Å². The van der Waals surface area contributed by atoms with E-state index in [4.69, 9.17) is 4.74 Å². The molecule has 25 heavy (non-hydrogen) atoms. The van der Waals surface area contributed by atoms with Crippen LogP contribution in [0, 0.1) is 34.1 Å². The second kappa shape index (κ2) is 7.05. The lowest BCUT2D eigenvalue weighted by atomic mass is 10.1. The number of ether oxygens (including phenoxy) is 1. The van der Waals surface area contributed by atoms with Crippen LogP contribution in [-0.4, -0.2) is 20.9 Å². The van der Waals surface area contributed by atoms with Crippen molar-refractivity contribution < 1.29 is 24.5 Å². The van der Waals surface area contributed by atoms with Crippen LogP contribution in [-0.2, 0) is 4.74 Å². The molecule has 2 aromatic rings. The first-order valence-electron chi connectivity index (χ1n) is 7.11. The quantitative estimate of drug-likeness (QED) is 0.381. The summed E-state index contributed by atoms with van der Waals surface area (Å²) in [6, 6.07) is 8.12. The Balaban J connectivity index is 2.41. The van der Waals surface area contributed by atoms with Gasteiger partial charge >= 0.3 is 5.97 Å². The molecule has 2 aromatic carbocycles. The molecule has 2 rings (SSSR count). The average molecular weight is 346 g/mol.